The molecule has 20 heavy (non-hydrogen) atoms. The molecular formula is C14H17N3O2S. The fraction of sp³-hybridized carbons (Fsp3) is 0.500. The van der Waals surface area contributed by atoms with Crippen molar-refractivity contribution in [3.05, 3.63) is 30.1 Å². The summed E-state index contributed by atoms with van der Waals surface area (Å²) in [5, 5.41) is 0. The zero-order valence-corrected chi connectivity index (χ0v) is 12.0. The average molecular weight is 291 g/mol. The minimum atomic E-state index is 0.0483. The lowest BCUT2D eigenvalue weighted by Crippen LogP contribution is -2.41. The summed E-state index contributed by atoms with van der Waals surface area (Å²) in [6.45, 7) is 0.801. The third-order valence-electron chi connectivity index (χ3n) is 3.54. The number of thioether (sulfide) groups is 1. The molecule has 0 unspecified atom stereocenters. The molecule has 0 spiro atoms. The van der Waals surface area contributed by atoms with E-state index in [-0.39, 0.29) is 18.4 Å². The highest BCUT2D eigenvalue weighted by molar-refractivity contribution is 8.00. The molecule has 0 bridgehead atoms. The molecule has 3 rings (SSSR count). The molecule has 1 aromatic heterocycles. The zero-order valence-electron chi connectivity index (χ0n) is 11.2. The Bertz CT molecular complexity index is 504. The topological polar surface area (TPSA) is 53.5 Å². The first kappa shape index (κ1) is 13.4. The van der Waals surface area contributed by atoms with E-state index in [4.69, 9.17) is 0 Å². The van der Waals surface area contributed by atoms with Crippen molar-refractivity contribution in [3.63, 3.8) is 0 Å². The fourth-order valence-corrected chi connectivity index (χ4v) is 3.19. The van der Waals surface area contributed by atoms with E-state index in [2.05, 4.69) is 4.98 Å². The van der Waals surface area contributed by atoms with Crippen LogP contribution in [-0.4, -0.2) is 50.8 Å². The molecule has 0 radical (unpaired) electrons. The van der Waals surface area contributed by atoms with E-state index in [9.17, 15) is 9.59 Å². The molecule has 1 saturated carbocycles. The number of nitrogens with zero attached hydrogens (tertiary/aromatic N) is 3. The lowest BCUT2D eigenvalue weighted by molar-refractivity contribution is -0.138. The summed E-state index contributed by atoms with van der Waals surface area (Å²) in [4.78, 5) is 31.7. The monoisotopic (exact) mass is 291 g/mol. The number of aromatic nitrogens is 1. The molecule has 1 aliphatic carbocycles. The van der Waals surface area contributed by atoms with Crippen LogP contribution in [0.5, 0.6) is 0 Å². The van der Waals surface area contributed by atoms with Crippen molar-refractivity contribution < 1.29 is 9.59 Å². The molecule has 2 heterocycles. The Hall–Kier alpha value is -1.56. The Balaban J connectivity index is 1.64. The molecule has 2 amide bonds. The van der Waals surface area contributed by atoms with E-state index in [1.165, 1.54) is 0 Å². The van der Waals surface area contributed by atoms with Crippen LogP contribution in [0.1, 0.15) is 18.4 Å². The van der Waals surface area contributed by atoms with Crippen molar-refractivity contribution in [3.8, 4) is 0 Å². The highest BCUT2D eigenvalue weighted by Crippen LogP contribution is 2.28. The van der Waals surface area contributed by atoms with Crippen molar-refractivity contribution in [2.75, 3.05) is 18.2 Å². The van der Waals surface area contributed by atoms with Gasteiger partial charge in [0.2, 0.25) is 11.8 Å². The molecule has 106 valence electrons. The number of hydrogen-bond acceptors (Lipinski definition) is 4. The predicted octanol–water partition coefficient (Wildman–Crippen LogP) is 1.11. The largest absolute Gasteiger partial charge is 0.334 e. The lowest BCUT2D eigenvalue weighted by atomic mass is 10.2. The number of carbonyl (C=O) groups is 2. The van der Waals surface area contributed by atoms with E-state index in [1.54, 1.807) is 29.1 Å². The highest BCUT2D eigenvalue weighted by Gasteiger charge is 2.34. The minimum absolute atomic E-state index is 0.0483. The zero-order chi connectivity index (χ0) is 13.9. The van der Waals surface area contributed by atoms with E-state index in [0.717, 1.165) is 18.4 Å². The second-order valence-corrected chi connectivity index (χ2v) is 6.14. The Morgan fingerprint density at radius 1 is 1.50 bits per heavy atom. The van der Waals surface area contributed by atoms with Gasteiger partial charge in [-0.05, 0) is 24.5 Å². The van der Waals surface area contributed by atoms with Crippen molar-refractivity contribution in [1.82, 2.24) is 14.8 Å². The van der Waals surface area contributed by atoms with Gasteiger partial charge in [0, 0.05) is 25.0 Å². The van der Waals surface area contributed by atoms with Crippen LogP contribution in [0.25, 0.3) is 0 Å². The highest BCUT2D eigenvalue weighted by atomic mass is 32.2. The fourth-order valence-electron chi connectivity index (χ4n) is 2.29. The summed E-state index contributed by atoms with van der Waals surface area (Å²) in [5.74, 6) is 1.25. The first-order valence-electron chi connectivity index (χ1n) is 6.78. The summed E-state index contributed by atoms with van der Waals surface area (Å²) in [6, 6.07) is 4.20. The van der Waals surface area contributed by atoms with Crippen LogP contribution in [0, 0.1) is 0 Å². The van der Waals surface area contributed by atoms with Crippen molar-refractivity contribution >= 4 is 23.6 Å². The maximum Gasteiger partial charge on any atom is 0.242 e. The molecule has 0 atom stereocenters. The molecule has 0 aromatic carbocycles. The number of rotatable bonds is 5. The normalized spacial score (nSPS) is 18.4. The van der Waals surface area contributed by atoms with Gasteiger partial charge in [0.25, 0.3) is 0 Å². The minimum Gasteiger partial charge on any atom is -0.334 e. The number of amides is 2. The smallest absolute Gasteiger partial charge is 0.242 e. The van der Waals surface area contributed by atoms with E-state index < -0.39 is 0 Å². The van der Waals surface area contributed by atoms with Crippen LogP contribution in [0.2, 0.25) is 0 Å². The molecule has 1 aromatic rings. The van der Waals surface area contributed by atoms with Gasteiger partial charge in [-0.1, -0.05) is 6.07 Å². The number of pyridine rings is 1. The number of carbonyl (C=O) groups excluding carboxylic acids is 2. The van der Waals surface area contributed by atoms with Gasteiger partial charge < -0.3 is 9.80 Å². The molecule has 0 N–H and O–H groups in total. The summed E-state index contributed by atoms with van der Waals surface area (Å²) in [7, 11) is 0. The van der Waals surface area contributed by atoms with Gasteiger partial charge in [-0.2, -0.15) is 0 Å². The molecule has 5 nitrogen and oxygen atoms in total. The van der Waals surface area contributed by atoms with Crippen molar-refractivity contribution in [1.29, 1.82) is 0 Å². The average Bonchev–Trinajstić information content (AvgIpc) is 3.22. The van der Waals surface area contributed by atoms with Crippen LogP contribution in [0.15, 0.2) is 24.5 Å². The van der Waals surface area contributed by atoms with Gasteiger partial charge in [0.05, 0.1) is 11.6 Å². The third-order valence-corrected chi connectivity index (χ3v) is 4.48. The van der Waals surface area contributed by atoms with Gasteiger partial charge in [0.15, 0.2) is 0 Å². The second kappa shape index (κ2) is 5.83. The standard InChI is InChI=1S/C14H17N3O2S/c18-13(8-16-10-20-9-14(16)19)17(12-3-4-12)7-11-2-1-5-15-6-11/h1-2,5-6,12H,3-4,7-10H2. The van der Waals surface area contributed by atoms with Gasteiger partial charge in [-0.15, -0.1) is 11.8 Å². The van der Waals surface area contributed by atoms with Gasteiger partial charge >= 0.3 is 0 Å². The molecule has 6 heteroatoms. The summed E-state index contributed by atoms with van der Waals surface area (Å²) < 4.78 is 0. The molecule has 1 aliphatic heterocycles. The second-order valence-electron chi connectivity index (χ2n) is 5.18. The number of hydrogen-bond donors (Lipinski definition) is 0. The van der Waals surface area contributed by atoms with Crippen LogP contribution in [-0.2, 0) is 16.1 Å². The third kappa shape index (κ3) is 3.12. The van der Waals surface area contributed by atoms with Gasteiger partial charge in [0.1, 0.15) is 6.54 Å². The molecule has 2 aliphatic rings. The first-order chi connectivity index (χ1) is 9.74. The maximum absolute atomic E-state index is 12.4. The molecular weight excluding hydrogens is 274 g/mol. The Labute approximate surface area is 122 Å². The summed E-state index contributed by atoms with van der Waals surface area (Å²) >= 11 is 1.57. The SMILES string of the molecule is O=C1CSCN1CC(=O)N(Cc1cccnc1)C1CC1. The Morgan fingerprint density at radius 3 is 2.95 bits per heavy atom. The summed E-state index contributed by atoms with van der Waals surface area (Å²) in [5.41, 5.74) is 1.04. The lowest BCUT2D eigenvalue weighted by Gasteiger charge is -2.25. The predicted molar refractivity (Wildman–Crippen MR) is 76.8 cm³/mol. The Morgan fingerprint density at radius 2 is 2.35 bits per heavy atom. The summed E-state index contributed by atoms with van der Waals surface area (Å²) in [6.07, 6.45) is 5.65. The van der Waals surface area contributed by atoms with Gasteiger partial charge in [-0.25, -0.2) is 0 Å². The quantitative estimate of drug-likeness (QED) is 0.815. The van der Waals surface area contributed by atoms with Crippen molar-refractivity contribution in [2.45, 2.75) is 25.4 Å². The van der Waals surface area contributed by atoms with Crippen LogP contribution >= 0.6 is 11.8 Å². The van der Waals surface area contributed by atoms with Crippen LogP contribution in [0.4, 0.5) is 0 Å². The van der Waals surface area contributed by atoms with E-state index in [1.807, 2.05) is 17.0 Å². The molecule has 1 saturated heterocycles. The molecule has 2 fully saturated rings. The van der Waals surface area contributed by atoms with Crippen LogP contribution < -0.4 is 0 Å². The Kier molecular flexibility index (Phi) is 3.91. The van der Waals surface area contributed by atoms with Crippen molar-refractivity contribution in [2.24, 2.45) is 0 Å². The van der Waals surface area contributed by atoms with E-state index in [0.29, 0.717) is 24.2 Å². The van der Waals surface area contributed by atoms with E-state index >= 15 is 0 Å². The van der Waals surface area contributed by atoms with Crippen LogP contribution in [0.3, 0.4) is 0 Å². The van der Waals surface area contributed by atoms with Gasteiger partial charge in [-0.3, -0.25) is 14.6 Å². The first-order valence-corrected chi connectivity index (χ1v) is 7.93. The maximum atomic E-state index is 12.4.